The first-order chi connectivity index (χ1) is 12.9. The third-order valence-electron chi connectivity index (χ3n) is 3.50. The molecule has 0 aromatic heterocycles. The predicted molar refractivity (Wildman–Crippen MR) is 99.7 cm³/mol. The van der Waals surface area contributed by atoms with E-state index >= 15 is 0 Å². The number of ether oxygens (including phenoxy) is 2. The van der Waals surface area contributed by atoms with E-state index in [0.717, 1.165) is 0 Å². The number of hydrogen-bond donors (Lipinski definition) is 2. The van der Waals surface area contributed by atoms with Crippen molar-refractivity contribution in [1.82, 2.24) is 0 Å². The molecular formula is C20H19NO6. The number of carbonyl (C=O) groups excluding carboxylic acids is 3. The topological polar surface area (TPSA) is 102 Å². The minimum Gasteiger partial charge on any atom is -0.504 e. The van der Waals surface area contributed by atoms with Gasteiger partial charge in [0.05, 0.1) is 13.7 Å². The van der Waals surface area contributed by atoms with E-state index < -0.39 is 11.9 Å². The first kappa shape index (κ1) is 19.7. The summed E-state index contributed by atoms with van der Waals surface area (Å²) in [4.78, 5) is 35.4. The van der Waals surface area contributed by atoms with Crippen LogP contribution in [0, 0.1) is 0 Å². The van der Waals surface area contributed by atoms with Crippen molar-refractivity contribution in [3.05, 3.63) is 59.7 Å². The Labute approximate surface area is 156 Å². The standard InChI is InChI=1S/C20H19NO6/c1-3-27-20(25)19(24)21-15-6-4-5-14(12-15)16(22)9-7-13-8-10-17(23)18(11-13)26-2/h4-12,23H,3H2,1-2H3,(H,21,24)/b9-7+. The zero-order valence-corrected chi connectivity index (χ0v) is 14.9. The lowest BCUT2D eigenvalue weighted by Crippen LogP contribution is -2.25. The zero-order chi connectivity index (χ0) is 19.8. The van der Waals surface area contributed by atoms with Crippen LogP contribution in [-0.4, -0.2) is 36.5 Å². The van der Waals surface area contributed by atoms with Crippen molar-refractivity contribution in [1.29, 1.82) is 0 Å². The minimum absolute atomic E-state index is 0.00557. The Morgan fingerprint density at radius 1 is 1.15 bits per heavy atom. The molecule has 0 fully saturated rings. The molecule has 140 valence electrons. The summed E-state index contributed by atoms with van der Waals surface area (Å²) in [6.45, 7) is 1.69. The van der Waals surface area contributed by atoms with E-state index in [1.54, 1.807) is 43.3 Å². The molecule has 27 heavy (non-hydrogen) atoms. The van der Waals surface area contributed by atoms with Gasteiger partial charge in [-0.25, -0.2) is 4.79 Å². The molecule has 7 heteroatoms. The Bertz CT molecular complexity index is 888. The van der Waals surface area contributed by atoms with Crippen LogP contribution in [0.1, 0.15) is 22.8 Å². The van der Waals surface area contributed by atoms with Gasteiger partial charge in [-0.15, -0.1) is 0 Å². The van der Waals surface area contributed by atoms with Gasteiger partial charge in [0.25, 0.3) is 0 Å². The van der Waals surface area contributed by atoms with Crippen LogP contribution in [0.15, 0.2) is 48.5 Å². The molecule has 2 N–H and O–H groups in total. The van der Waals surface area contributed by atoms with Crippen molar-refractivity contribution < 1.29 is 29.0 Å². The molecular weight excluding hydrogens is 350 g/mol. The van der Waals surface area contributed by atoms with Gasteiger partial charge in [0.2, 0.25) is 0 Å². The number of nitrogens with one attached hydrogen (secondary N) is 1. The number of aromatic hydroxyl groups is 1. The van der Waals surface area contributed by atoms with Crippen LogP contribution < -0.4 is 10.1 Å². The van der Waals surface area contributed by atoms with Gasteiger partial charge in [0.1, 0.15) is 0 Å². The number of phenolic OH excluding ortho intramolecular Hbond substituents is 1. The van der Waals surface area contributed by atoms with Gasteiger partial charge < -0.3 is 19.9 Å². The molecule has 0 aliphatic carbocycles. The van der Waals surface area contributed by atoms with Gasteiger partial charge in [0, 0.05) is 11.3 Å². The molecule has 0 unspecified atom stereocenters. The Hall–Kier alpha value is -3.61. The Balaban J connectivity index is 2.10. The summed E-state index contributed by atoms with van der Waals surface area (Å²) in [6.07, 6.45) is 2.94. The molecule has 0 aliphatic rings. The fraction of sp³-hybridized carbons (Fsp3) is 0.150. The summed E-state index contributed by atoms with van der Waals surface area (Å²) in [7, 11) is 1.43. The second kappa shape index (κ2) is 9.19. The maximum Gasteiger partial charge on any atom is 0.397 e. The van der Waals surface area contributed by atoms with Crippen LogP contribution in [0.2, 0.25) is 0 Å². The van der Waals surface area contributed by atoms with E-state index in [-0.39, 0.29) is 18.1 Å². The molecule has 2 aromatic rings. The largest absolute Gasteiger partial charge is 0.504 e. The maximum absolute atomic E-state index is 12.3. The number of anilines is 1. The van der Waals surface area contributed by atoms with Crippen LogP contribution in [0.4, 0.5) is 5.69 Å². The molecule has 2 aromatic carbocycles. The molecule has 0 spiro atoms. The Kier molecular flexibility index (Phi) is 6.71. The van der Waals surface area contributed by atoms with Gasteiger partial charge >= 0.3 is 11.9 Å². The van der Waals surface area contributed by atoms with Crippen LogP contribution in [0.5, 0.6) is 11.5 Å². The van der Waals surface area contributed by atoms with Crippen molar-refractivity contribution in [2.75, 3.05) is 19.0 Å². The lowest BCUT2D eigenvalue weighted by molar-refractivity contribution is -0.152. The first-order valence-corrected chi connectivity index (χ1v) is 8.12. The quantitative estimate of drug-likeness (QED) is 0.351. The highest BCUT2D eigenvalue weighted by molar-refractivity contribution is 6.37. The molecule has 0 atom stereocenters. The average molecular weight is 369 g/mol. The van der Waals surface area contributed by atoms with E-state index in [1.807, 2.05) is 0 Å². The van der Waals surface area contributed by atoms with Crippen molar-refractivity contribution in [3.8, 4) is 11.5 Å². The number of esters is 1. The van der Waals surface area contributed by atoms with E-state index in [9.17, 15) is 19.5 Å². The molecule has 0 heterocycles. The Morgan fingerprint density at radius 2 is 1.93 bits per heavy atom. The highest BCUT2D eigenvalue weighted by Crippen LogP contribution is 2.26. The van der Waals surface area contributed by atoms with E-state index in [2.05, 4.69) is 10.1 Å². The molecule has 0 saturated carbocycles. The number of ketones is 1. The van der Waals surface area contributed by atoms with E-state index in [1.165, 1.54) is 25.3 Å². The lowest BCUT2D eigenvalue weighted by Gasteiger charge is -2.06. The second-order valence-corrected chi connectivity index (χ2v) is 5.38. The van der Waals surface area contributed by atoms with Crippen LogP contribution in [-0.2, 0) is 14.3 Å². The van der Waals surface area contributed by atoms with Gasteiger partial charge in [-0.3, -0.25) is 9.59 Å². The van der Waals surface area contributed by atoms with Crippen molar-refractivity contribution >= 4 is 29.4 Å². The van der Waals surface area contributed by atoms with Gasteiger partial charge in [-0.2, -0.15) is 0 Å². The van der Waals surface area contributed by atoms with Gasteiger partial charge in [-0.1, -0.05) is 24.3 Å². The predicted octanol–water partition coefficient (Wildman–Crippen LogP) is 2.80. The SMILES string of the molecule is CCOC(=O)C(=O)Nc1cccc(C(=O)/C=C/c2ccc(O)c(OC)c2)c1. The molecule has 0 radical (unpaired) electrons. The van der Waals surface area contributed by atoms with Crippen LogP contribution in [0.25, 0.3) is 6.08 Å². The van der Waals surface area contributed by atoms with Gasteiger partial charge in [0.15, 0.2) is 17.3 Å². The van der Waals surface area contributed by atoms with Crippen LogP contribution >= 0.6 is 0 Å². The molecule has 0 bridgehead atoms. The number of amides is 1. The summed E-state index contributed by atoms with van der Waals surface area (Å²) in [6, 6.07) is 10.9. The summed E-state index contributed by atoms with van der Waals surface area (Å²) in [5, 5.41) is 12.0. The number of rotatable bonds is 6. The fourth-order valence-electron chi connectivity index (χ4n) is 2.20. The highest BCUT2D eigenvalue weighted by atomic mass is 16.5. The molecule has 7 nitrogen and oxygen atoms in total. The third-order valence-corrected chi connectivity index (χ3v) is 3.50. The van der Waals surface area contributed by atoms with Gasteiger partial charge in [-0.05, 0) is 42.8 Å². The van der Waals surface area contributed by atoms with E-state index in [0.29, 0.717) is 22.6 Å². The van der Waals surface area contributed by atoms with E-state index in [4.69, 9.17) is 4.74 Å². The summed E-state index contributed by atoms with van der Waals surface area (Å²) < 4.78 is 9.63. The van der Waals surface area contributed by atoms with Crippen molar-refractivity contribution in [2.24, 2.45) is 0 Å². The van der Waals surface area contributed by atoms with Crippen molar-refractivity contribution in [3.63, 3.8) is 0 Å². The minimum atomic E-state index is -0.990. The number of benzene rings is 2. The highest BCUT2D eigenvalue weighted by Gasteiger charge is 2.15. The molecule has 2 rings (SSSR count). The van der Waals surface area contributed by atoms with Crippen LogP contribution in [0.3, 0.4) is 0 Å². The number of phenols is 1. The molecule has 0 saturated heterocycles. The molecule has 1 amide bonds. The average Bonchev–Trinajstić information content (AvgIpc) is 2.67. The normalized spacial score (nSPS) is 10.4. The number of methoxy groups -OCH3 is 1. The Morgan fingerprint density at radius 3 is 2.63 bits per heavy atom. The number of carbonyl (C=O) groups is 3. The number of hydrogen-bond acceptors (Lipinski definition) is 6. The monoisotopic (exact) mass is 369 g/mol. The summed E-state index contributed by atoms with van der Waals surface area (Å²) in [5.41, 5.74) is 1.31. The maximum atomic E-state index is 12.3. The number of allylic oxidation sites excluding steroid dienone is 1. The smallest absolute Gasteiger partial charge is 0.397 e. The zero-order valence-electron chi connectivity index (χ0n) is 14.9. The van der Waals surface area contributed by atoms with Crippen molar-refractivity contribution in [2.45, 2.75) is 6.92 Å². The third kappa shape index (κ3) is 5.43. The summed E-state index contributed by atoms with van der Waals surface area (Å²) in [5.74, 6) is -1.89. The lowest BCUT2D eigenvalue weighted by atomic mass is 10.1. The first-order valence-electron chi connectivity index (χ1n) is 8.12. The fourth-order valence-corrected chi connectivity index (χ4v) is 2.20. The summed E-state index contributed by atoms with van der Waals surface area (Å²) >= 11 is 0. The molecule has 0 aliphatic heterocycles. The second-order valence-electron chi connectivity index (χ2n) is 5.38.